The van der Waals surface area contributed by atoms with Crippen LogP contribution in [0.4, 0.5) is 0 Å². The molecule has 0 saturated heterocycles. The number of aliphatic imine (C=N–C) groups is 3. The van der Waals surface area contributed by atoms with Gasteiger partial charge in [-0.3, -0.25) is 4.99 Å². The quantitative estimate of drug-likeness (QED) is 0.245. The average Bonchev–Trinajstić information content (AvgIpc) is 2.71. The van der Waals surface area contributed by atoms with Crippen molar-refractivity contribution in [1.29, 1.82) is 0 Å². The molecule has 0 aliphatic carbocycles. The molecule has 1 aromatic carbocycles. The van der Waals surface area contributed by atoms with Gasteiger partial charge in [0.25, 0.3) is 0 Å². The number of ether oxygens (including phenoxy) is 2. The molecule has 0 heterocycles. The van der Waals surface area contributed by atoms with Crippen molar-refractivity contribution in [3.63, 3.8) is 0 Å². The van der Waals surface area contributed by atoms with Crippen molar-refractivity contribution in [1.82, 2.24) is 0 Å². The van der Waals surface area contributed by atoms with Crippen LogP contribution in [0, 0.1) is 0 Å². The Morgan fingerprint density at radius 3 is 2.14 bits per heavy atom. The molecule has 148 valence electrons. The van der Waals surface area contributed by atoms with Crippen LogP contribution in [0.5, 0.6) is 11.5 Å². The number of nitrogens with zero attached hydrogens (tertiary/aromatic N) is 4. The SMILES string of the molecule is [B]/C(C(COc1ccc(OC)cc1)=NC)=C(/C)N=C(C)N=C(CC)/C(C)=N/O. The van der Waals surface area contributed by atoms with E-state index >= 15 is 0 Å². The van der Waals surface area contributed by atoms with Crippen LogP contribution < -0.4 is 9.47 Å². The zero-order valence-electron chi connectivity index (χ0n) is 17.4. The number of oxime groups is 1. The summed E-state index contributed by atoms with van der Waals surface area (Å²) in [6.45, 7) is 7.36. The lowest BCUT2D eigenvalue weighted by molar-refractivity contribution is 0.320. The Hall–Kier alpha value is -2.90. The Bertz CT molecular complexity index is 809. The van der Waals surface area contributed by atoms with E-state index in [1.807, 2.05) is 31.2 Å². The summed E-state index contributed by atoms with van der Waals surface area (Å²) in [5.74, 6) is 1.94. The van der Waals surface area contributed by atoms with Crippen molar-refractivity contribution >= 4 is 30.8 Å². The Morgan fingerprint density at radius 2 is 1.64 bits per heavy atom. The second kappa shape index (κ2) is 11.7. The first-order valence-corrected chi connectivity index (χ1v) is 8.87. The molecule has 7 nitrogen and oxygen atoms in total. The van der Waals surface area contributed by atoms with Gasteiger partial charge in [-0.1, -0.05) is 17.6 Å². The molecule has 0 aliphatic rings. The smallest absolute Gasteiger partial charge is 0.129 e. The molecule has 0 aliphatic heterocycles. The van der Waals surface area contributed by atoms with E-state index in [-0.39, 0.29) is 6.61 Å². The van der Waals surface area contributed by atoms with Crippen molar-refractivity contribution in [3.05, 3.63) is 35.4 Å². The molecule has 8 heteroatoms. The minimum Gasteiger partial charge on any atom is -0.497 e. The Morgan fingerprint density at radius 1 is 1.04 bits per heavy atom. The summed E-state index contributed by atoms with van der Waals surface area (Å²) in [6.07, 6.45) is 0.623. The molecule has 0 atom stereocenters. The van der Waals surface area contributed by atoms with Gasteiger partial charge in [0.2, 0.25) is 0 Å². The summed E-state index contributed by atoms with van der Waals surface area (Å²) in [4.78, 5) is 13.0. The number of amidine groups is 1. The molecule has 1 N–H and O–H groups in total. The van der Waals surface area contributed by atoms with Crippen LogP contribution in [0.25, 0.3) is 0 Å². The molecule has 28 heavy (non-hydrogen) atoms. The minimum absolute atomic E-state index is 0.209. The zero-order chi connectivity index (χ0) is 21.1. The third kappa shape index (κ3) is 7.02. The Kier molecular flexibility index (Phi) is 9.71. The summed E-state index contributed by atoms with van der Waals surface area (Å²) >= 11 is 0. The van der Waals surface area contributed by atoms with E-state index in [0.29, 0.717) is 46.3 Å². The van der Waals surface area contributed by atoms with E-state index in [2.05, 4.69) is 20.1 Å². The van der Waals surface area contributed by atoms with Crippen molar-refractivity contribution in [2.24, 2.45) is 20.1 Å². The lowest BCUT2D eigenvalue weighted by Gasteiger charge is -2.11. The molecule has 0 fully saturated rings. The van der Waals surface area contributed by atoms with Crippen LogP contribution >= 0.6 is 0 Å². The lowest BCUT2D eigenvalue weighted by atomic mass is 9.89. The van der Waals surface area contributed by atoms with Crippen molar-refractivity contribution in [3.8, 4) is 11.5 Å². The number of benzene rings is 1. The van der Waals surface area contributed by atoms with Crippen molar-refractivity contribution in [2.75, 3.05) is 20.8 Å². The molecule has 0 aromatic heterocycles. The Balaban J connectivity index is 2.94. The van der Waals surface area contributed by atoms with Crippen LogP contribution in [0.15, 0.2) is 55.6 Å². The highest BCUT2D eigenvalue weighted by molar-refractivity contribution is 6.42. The second-order valence-corrected chi connectivity index (χ2v) is 5.89. The first-order valence-electron chi connectivity index (χ1n) is 8.87. The average molecular weight is 382 g/mol. The van der Waals surface area contributed by atoms with Gasteiger partial charge in [-0.05, 0) is 51.5 Å². The number of methoxy groups -OCH3 is 1. The first kappa shape index (κ1) is 23.1. The maximum atomic E-state index is 8.91. The summed E-state index contributed by atoms with van der Waals surface area (Å²) in [6, 6.07) is 7.26. The summed E-state index contributed by atoms with van der Waals surface area (Å²) in [7, 11) is 9.47. The van der Waals surface area contributed by atoms with Crippen LogP contribution in [0.1, 0.15) is 34.1 Å². The number of allylic oxidation sites excluding steroid dienone is 1. The van der Waals surface area contributed by atoms with Gasteiger partial charge in [0.05, 0.1) is 24.2 Å². The van der Waals surface area contributed by atoms with Gasteiger partial charge in [-0.2, -0.15) is 0 Å². The van der Waals surface area contributed by atoms with Crippen LogP contribution in [-0.2, 0) is 0 Å². The van der Waals surface area contributed by atoms with E-state index in [4.69, 9.17) is 22.5 Å². The predicted molar refractivity (Wildman–Crippen MR) is 116 cm³/mol. The van der Waals surface area contributed by atoms with Crippen LogP contribution in [0.2, 0.25) is 0 Å². The van der Waals surface area contributed by atoms with E-state index in [1.54, 1.807) is 34.9 Å². The number of hydrogen-bond acceptors (Lipinski definition) is 6. The highest BCUT2D eigenvalue weighted by Gasteiger charge is 2.08. The first-order chi connectivity index (χ1) is 13.4. The van der Waals surface area contributed by atoms with Gasteiger partial charge >= 0.3 is 0 Å². The van der Waals surface area contributed by atoms with Gasteiger partial charge in [0.1, 0.15) is 31.8 Å². The molecule has 2 radical (unpaired) electrons. The molecule has 0 saturated carbocycles. The summed E-state index contributed by atoms with van der Waals surface area (Å²) < 4.78 is 10.9. The van der Waals surface area contributed by atoms with Gasteiger partial charge < -0.3 is 14.7 Å². The van der Waals surface area contributed by atoms with Crippen LogP contribution in [0.3, 0.4) is 0 Å². The molecule has 0 spiro atoms. The fourth-order valence-corrected chi connectivity index (χ4v) is 2.29. The standard InChI is InChI=1S/C20H27BN4O3/c1-7-18(13(2)25-26)24-15(4)23-14(3)20(21)19(22-5)12-28-17-10-8-16(27-6)9-11-17/h8-11,26H,7,12H2,1-6H3/b20-14-,22-19?,23-15?,24-18?,25-13+. The highest BCUT2D eigenvalue weighted by atomic mass is 16.5. The normalized spacial score (nSPS) is 14.6. The van der Waals surface area contributed by atoms with Crippen molar-refractivity contribution in [2.45, 2.75) is 34.1 Å². The predicted octanol–water partition coefficient (Wildman–Crippen LogP) is 3.66. The monoisotopic (exact) mass is 382 g/mol. The van der Waals surface area contributed by atoms with E-state index in [9.17, 15) is 0 Å². The van der Waals surface area contributed by atoms with E-state index in [1.165, 1.54) is 0 Å². The third-order valence-electron chi connectivity index (χ3n) is 3.93. The maximum absolute atomic E-state index is 8.91. The number of hydrogen-bond donors (Lipinski definition) is 1. The third-order valence-corrected chi connectivity index (χ3v) is 3.93. The summed E-state index contributed by atoms with van der Waals surface area (Å²) in [5, 5.41) is 12.1. The topological polar surface area (TPSA) is 88.1 Å². The molecular weight excluding hydrogens is 355 g/mol. The fraction of sp³-hybridized carbons (Fsp3) is 0.400. The largest absolute Gasteiger partial charge is 0.497 e. The number of rotatable bonds is 8. The van der Waals surface area contributed by atoms with Gasteiger partial charge in [0.15, 0.2) is 0 Å². The van der Waals surface area contributed by atoms with Crippen molar-refractivity contribution < 1.29 is 14.7 Å². The molecule has 1 aromatic rings. The minimum atomic E-state index is 0.209. The van der Waals surface area contributed by atoms with Gasteiger partial charge in [0, 0.05) is 12.7 Å². The lowest BCUT2D eigenvalue weighted by Crippen LogP contribution is -2.16. The summed E-state index contributed by atoms with van der Waals surface area (Å²) in [5.41, 5.74) is 2.70. The second-order valence-electron chi connectivity index (χ2n) is 5.89. The van der Waals surface area contributed by atoms with E-state index < -0.39 is 0 Å². The Labute approximate surface area is 168 Å². The molecule has 0 unspecified atom stereocenters. The maximum Gasteiger partial charge on any atom is 0.129 e. The zero-order valence-corrected chi connectivity index (χ0v) is 17.4. The van der Waals surface area contributed by atoms with E-state index in [0.717, 1.165) is 5.75 Å². The molecule has 0 bridgehead atoms. The van der Waals surface area contributed by atoms with Gasteiger partial charge in [-0.25, -0.2) is 9.98 Å². The highest BCUT2D eigenvalue weighted by Crippen LogP contribution is 2.17. The fourth-order valence-electron chi connectivity index (χ4n) is 2.29. The van der Waals surface area contributed by atoms with Crippen LogP contribution in [-0.4, -0.2) is 56.8 Å². The van der Waals surface area contributed by atoms with Gasteiger partial charge in [-0.15, -0.1) is 0 Å². The molecule has 0 amide bonds. The molecular formula is C20H27BN4O3. The molecule has 1 rings (SSSR count).